The van der Waals surface area contributed by atoms with E-state index < -0.39 is 10.8 Å². The lowest BCUT2D eigenvalue weighted by Gasteiger charge is -2.16. The molecule has 0 radical (unpaired) electrons. The molecule has 2 rings (SSSR count). The van der Waals surface area contributed by atoms with Gasteiger partial charge in [0.1, 0.15) is 10.6 Å². The van der Waals surface area contributed by atoms with Crippen molar-refractivity contribution in [3.05, 3.63) is 38.9 Å². The number of aliphatic hydroxyl groups is 1. The Morgan fingerprint density at radius 3 is 2.89 bits per heavy atom. The lowest BCUT2D eigenvalue weighted by Crippen LogP contribution is -2.29. The lowest BCUT2D eigenvalue weighted by atomic mass is 10.1. The van der Waals surface area contributed by atoms with Gasteiger partial charge in [-0.15, -0.1) is 0 Å². The molecule has 1 saturated heterocycles. The van der Waals surface area contributed by atoms with E-state index in [0.717, 1.165) is 0 Å². The SMILES string of the molecule is O=C(c1cccc(Cl)c1[N+](=O)[O-])N1CCC(CO)C1. The fraction of sp³-hybridized carbons (Fsp3) is 0.417. The molecule has 0 saturated carbocycles. The number of carbonyl (C=O) groups excluding carboxylic acids is 1. The minimum absolute atomic E-state index is 0.00362. The number of benzene rings is 1. The number of hydrogen-bond donors (Lipinski definition) is 1. The third kappa shape index (κ3) is 2.69. The summed E-state index contributed by atoms with van der Waals surface area (Å²) in [6.45, 7) is 0.925. The highest BCUT2D eigenvalue weighted by Gasteiger charge is 2.31. The standard InChI is InChI=1S/C12H13ClN2O4/c13-10-3-1-2-9(11(10)15(18)19)12(17)14-5-4-8(6-14)7-16/h1-3,8,16H,4-7H2. The van der Waals surface area contributed by atoms with Gasteiger partial charge in [-0.1, -0.05) is 17.7 Å². The first kappa shape index (κ1) is 13.8. The molecule has 1 heterocycles. The van der Waals surface area contributed by atoms with Gasteiger partial charge in [-0.05, 0) is 18.6 Å². The molecule has 102 valence electrons. The average Bonchev–Trinajstić information content (AvgIpc) is 2.85. The molecule has 1 N–H and O–H groups in total. The third-order valence-corrected chi connectivity index (χ3v) is 3.54. The Kier molecular flexibility index (Phi) is 4.01. The molecule has 1 atom stereocenters. The zero-order chi connectivity index (χ0) is 14.0. The number of para-hydroxylation sites is 1. The average molecular weight is 285 g/mol. The highest BCUT2D eigenvalue weighted by molar-refractivity contribution is 6.33. The summed E-state index contributed by atoms with van der Waals surface area (Å²) >= 11 is 5.78. The molecule has 19 heavy (non-hydrogen) atoms. The van der Waals surface area contributed by atoms with E-state index in [1.165, 1.54) is 23.1 Å². The molecule has 6 nitrogen and oxygen atoms in total. The maximum absolute atomic E-state index is 12.3. The first-order valence-electron chi connectivity index (χ1n) is 5.87. The molecule has 0 spiro atoms. The molecule has 1 fully saturated rings. The van der Waals surface area contributed by atoms with Crippen LogP contribution in [0.3, 0.4) is 0 Å². The predicted octanol–water partition coefficient (Wildman–Crippen LogP) is 1.70. The van der Waals surface area contributed by atoms with Gasteiger partial charge in [0.2, 0.25) is 0 Å². The van der Waals surface area contributed by atoms with Gasteiger partial charge >= 0.3 is 5.69 Å². The van der Waals surface area contributed by atoms with Gasteiger partial charge in [0.05, 0.1) is 4.92 Å². The number of nitro groups is 1. The van der Waals surface area contributed by atoms with E-state index in [1.807, 2.05) is 0 Å². The van der Waals surface area contributed by atoms with Crippen molar-refractivity contribution in [2.75, 3.05) is 19.7 Å². The Morgan fingerprint density at radius 1 is 1.58 bits per heavy atom. The van der Waals surface area contributed by atoms with Crippen LogP contribution in [0.25, 0.3) is 0 Å². The van der Waals surface area contributed by atoms with Crippen molar-refractivity contribution in [1.82, 2.24) is 4.90 Å². The van der Waals surface area contributed by atoms with E-state index in [9.17, 15) is 14.9 Å². The number of halogens is 1. The number of nitrogens with zero attached hydrogens (tertiary/aromatic N) is 2. The van der Waals surface area contributed by atoms with Crippen LogP contribution in [0.2, 0.25) is 5.02 Å². The fourth-order valence-electron chi connectivity index (χ4n) is 2.21. The first-order chi connectivity index (χ1) is 9.04. The van der Waals surface area contributed by atoms with Crippen LogP contribution in [0.4, 0.5) is 5.69 Å². The van der Waals surface area contributed by atoms with Crippen molar-refractivity contribution >= 4 is 23.2 Å². The molecular weight excluding hydrogens is 272 g/mol. The maximum Gasteiger partial charge on any atom is 0.300 e. The molecule has 1 aliphatic rings. The summed E-state index contributed by atoms with van der Waals surface area (Å²) < 4.78 is 0. The van der Waals surface area contributed by atoms with Gasteiger partial charge in [0.25, 0.3) is 5.91 Å². The topological polar surface area (TPSA) is 83.7 Å². The summed E-state index contributed by atoms with van der Waals surface area (Å²) in [5.74, 6) is -0.368. The maximum atomic E-state index is 12.3. The van der Waals surface area contributed by atoms with Crippen LogP contribution < -0.4 is 0 Å². The van der Waals surface area contributed by atoms with E-state index in [2.05, 4.69) is 0 Å². The van der Waals surface area contributed by atoms with E-state index in [0.29, 0.717) is 19.5 Å². The van der Waals surface area contributed by atoms with Crippen LogP contribution in [-0.4, -0.2) is 40.5 Å². The van der Waals surface area contributed by atoms with E-state index in [-0.39, 0.29) is 28.8 Å². The predicted molar refractivity (Wildman–Crippen MR) is 69.2 cm³/mol. The van der Waals surface area contributed by atoms with Crippen LogP contribution in [0.15, 0.2) is 18.2 Å². The van der Waals surface area contributed by atoms with Crippen molar-refractivity contribution in [2.24, 2.45) is 5.92 Å². The summed E-state index contributed by atoms with van der Waals surface area (Å²) in [6.07, 6.45) is 0.705. The van der Waals surface area contributed by atoms with E-state index in [1.54, 1.807) is 0 Å². The summed E-state index contributed by atoms with van der Waals surface area (Å²) in [4.78, 5) is 24.1. The number of rotatable bonds is 3. The second kappa shape index (κ2) is 5.54. The van der Waals surface area contributed by atoms with Crippen LogP contribution in [0.1, 0.15) is 16.8 Å². The Balaban J connectivity index is 2.30. The molecule has 0 aromatic heterocycles. The highest BCUT2D eigenvalue weighted by atomic mass is 35.5. The van der Waals surface area contributed by atoms with Crippen molar-refractivity contribution in [3.8, 4) is 0 Å². The minimum Gasteiger partial charge on any atom is -0.396 e. The number of likely N-dealkylation sites (tertiary alicyclic amines) is 1. The zero-order valence-corrected chi connectivity index (χ0v) is 10.8. The summed E-state index contributed by atoms with van der Waals surface area (Å²) in [7, 11) is 0. The Morgan fingerprint density at radius 2 is 2.32 bits per heavy atom. The normalized spacial score (nSPS) is 18.6. The molecule has 1 aromatic rings. The number of carbonyl (C=O) groups is 1. The van der Waals surface area contributed by atoms with Gasteiger partial charge in [-0.25, -0.2) is 0 Å². The Labute approximate surface area is 114 Å². The number of hydrogen-bond acceptors (Lipinski definition) is 4. The lowest BCUT2D eigenvalue weighted by molar-refractivity contribution is -0.385. The number of aliphatic hydroxyl groups excluding tert-OH is 1. The zero-order valence-electron chi connectivity index (χ0n) is 10.1. The largest absolute Gasteiger partial charge is 0.396 e. The number of nitro benzene ring substituents is 1. The molecule has 1 unspecified atom stereocenters. The summed E-state index contributed by atoms with van der Waals surface area (Å²) in [5, 5.41) is 20.0. The molecule has 0 aliphatic carbocycles. The monoisotopic (exact) mass is 284 g/mol. The van der Waals surface area contributed by atoms with E-state index in [4.69, 9.17) is 16.7 Å². The molecule has 0 bridgehead atoms. The van der Waals surface area contributed by atoms with Gasteiger partial charge in [-0.3, -0.25) is 14.9 Å². The molecule has 1 aromatic carbocycles. The van der Waals surface area contributed by atoms with Gasteiger partial charge in [0.15, 0.2) is 0 Å². The molecular formula is C12H13ClN2O4. The Hall–Kier alpha value is -1.66. The second-order valence-corrected chi connectivity index (χ2v) is 4.89. The summed E-state index contributed by atoms with van der Waals surface area (Å²) in [6, 6.07) is 4.30. The van der Waals surface area contributed by atoms with Crippen molar-refractivity contribution in [2.45, 2.75) is 6.42 Å². The second-order valence-electron chi connectivity index (χ2n) is 4.48. The van der Waals surface area contributed by atoms with Crippen molar-refractivity contribution in [1.29, 1.82) is 0 Å². The Bertz CT molecular complexity index is 520. The van der Waals surface area contributed by atoms with Crippen LogP contribution >= 0.6 is 11.6 Å². The summed E-state index contributed by atoms with van der Waals surface area (Å²) in [5.41, 5.74) is -0.363. The van der Waals surface area contributed by atoms with Crippen LogP contribution in [0, 0.1) is 16.0 Å². The third-order valence-electron chi connectivity index (χ3n) is 3.23. The molecule has 7 heteroatoms. The highest BCUT2D eigenvalue weighted by Crippen LogP contribution is 2.30. The molecule has 1 aliphatic heterocycles. The quantitative estimate of drug-likeness (QED) is 0.676. The fourth-order valence-corrected chi connectivity index (χ4v) is 2.45. The van der Waals surface area contributed by atoms with Crippen LogP contribution in [-0.2, 0) is 0 Å². The van der Waals surface area contributed by atoms with Crippen molar-refractivity contribution in [3.63, 3.8) is 0 Å². The van der Waals surface area contributed by atoms with Crippen LogP contribution in [0.5, 0.6) is 0 Å². The van der Waals surface area contributed by atoms with Gasteiger partial charge in [0, 0.05) is 25.6 Å². The minimum atomic E-state index is -0.644. The van der Waals surface area contributed by atoms with E-state index >= 15 is 0 Å². The number of amides is 1. The van der Waals surface area contributed by atoms with Gasteiger partial charge < -0.3 is 10.0 Å². The van der Waals surface area contributed by atoms with Crippen molar-refractivity contribution < 1.29 is 14.8 Å². The first-order valence-corrected chi connectivity index (χ1v) is 6.25. The smallest absolute Gasteiger partial charge is 0.300 e. The van der Waals surface area contributed by atoms with Gasteiger partial charge in [-0.2, -0.15) is 0 Å². The molecule has 1 amide bonds.